The van der Waals surface area contributed by atoms with Gasteiger partial charge in [-0.25, -0.2) is 8.42 Å². The molecular weight excluding hydrogens is 312 g/mol. The van der Waals surface area contributed by atoms with Crippen LogP contribution in [0, 0.1) is 0 Å². The van der Waals surface area contributed by atoms with Crippen LogP contribution in [0.25, 0.3) is 10.9 Å². The van der Waals surface area contributed by atoms with Gasteiger partial charge in [0.25, 0.3) is 0 Å². The van der Waals surface area contributed by atoms with Gasteiger partial charge in [0.1, 0.15) is 0 Å². The van der Waals surface area contributed by atoms with E-state index in [9.17, 15) is 8.42 Å². The number of ether oxygens (including phenoxy) is 1. The maximum absolute atomic E-state index is 12.8. The van der Waals surface area contributed by atoms with Gasteiger partial charge in [0, 0.05) is 37.7 Å². The molecule has 0 spiro atoms. The number of nitrogens with zero attached hydrogens (tertiary/aromatic N) is 2. The highest BCUT2D eigenvalue weighted by atomic mass is 35.5. The molecule has 1 aromatic heterocycles. The zero-order valence-electron chi connectivity index (χ0n) is 11.7. The van der Waals surface area contributed by atoms with Crippen LogP contribution in [-0.2, 0) is 14.8 Å². The number of alkyl halides is 1. The van der Waals surface area contributed by atoms with E-state index in [1.807, 2.05) is 0 Å². The quantitative estimate of drug-likeness (QED) is 0.730. The minimum Gasteiger partial charge on any atom is -0.383 e. The number of pyridine rings is 1. The van der Waals surface area contributed by atoms with E-state index in [1.165, 1.54) is 11.4 Å². The molecule has 0 fully saturated rings. The molecule has 0 saturated carbocycles. The molecule has 2 aromatic rings. The summed E-state index contributed by atoms with van der Waals surface area (Å²) in [5.74, 6) is 0.228. The third kappa shape index (κ3) is 3.52. The van der Waals surface area contributed by atoms with Crippen LogP contribution in [0.15, 0.2) is 41.4 Å². The van der Waals surface area contributed by atoms with Crippen LogP contribution in [0.5, 0.6) is 0 Å². The van der Waals surface area contributed by atoms with E-state index in [-0.39, 0.29) is 23.9 Å². The Labute approximate surface area is 129 Å². The third-order valence-electron chi connectivity index (χ3n) is 3.10. The normalized spacial score (nSPS) is 12.1. The van der Waals surface area contributed by atoms with Gasteiger partial charge in [-0.05, 0) is 24.3 Å². The maximum Gasteiger partial charge on any atom is 0.243 e. The molecule has 0 N–H and O–H groups in total. The van der Waals surface area contributed by atoms with Gasteiger partial charge >= 0.3 is 0 Å². The highest BCUT2D eigenvalue weighted by Gasteiger charge is 2.25. The van der Waals surface area contributed by atoms with Crippen LogP contribution < -0.4 is 0 Å². The molecule has 0 saturated heterocycles. The molecule has 0 aliphatic rings. The van der Waals surface area contributed by atoms with Crippen LogP contribution in [0.4, 0.5) is 0 Å². The van der Waals surface area contributed by atoms with Crippen LogP contribution in [0.1, 0.15) is 0 Å². The van der Waals surface area contributed by atoms with Gasteiger partial charge < -0.3 is 4.74 Å². The van der Waals surface area contributed by atoms with Crippen molar-refractivity contribution in [2.75, 3.05) is 32.7 Å². The fourth-order valence-corrected chi connectivity index (χ4v) is 4.01. The number of methoxy groups -OCH3 is 1. The number of halogens is 1. The fraction of sp³-hybridized carbons (Fsp3) is 0.357. The second-order valence-electron chi connectivity index (χ2n) is 4.41. The van der Waals surface area contributed by atoms with E-state index in [0.29, 0.717) is 17.5 Å². The first-order valence-electron chi connectivity index (χ1n) is 6.50. The Bertz CT molecular complexity index is 701. The lowest BCUT2D eigenvalue weighted by atomic mass is 10.2. The molecule has 0 radical (unpaired) electrons. The molecule has 7 heteroatoms. The van der Waals surface area contributed by atoms with Crippen LogP contribution in [-0.4, -0.2) is 50.4 Å². The number of hydrogen-bond acceptors (Lipinski definition) is 4. The number of hydrogen-bond donors (Lipinski definition) is 0. The Hall–Kier alpha value is -1.21. The first-order valence-corrected chi connectivity index (χ1v) is 8.47. The maximum atomic E-state index is 12.8. The Morgan fingerprint density at radius 2 is 2.05 bits per heavy atom. The van der Waals surface area contributed by atoms with Crippen LogP contribution in [0.3, 0.4) is 0 Å². The van der Waals surface area contributed by atoms with Crippen molar-refractivity contribution in [1.82, 2.24) is 9.29 Å². The number of sulfonamides is 1. The Kier molecular flexibility index (Phi) is 5.52. The predicted octanol–water partition coefficient (Wildman–Crippen LogP) is 2.11. The van der Waals surface area contributed by atoms with Gasteiger partial charge in [0.2, 0.25) is 10.0 Å². The minimum atomic E-state index is -3.63. The molecule has 0 unspecified atom stereocenters. The highest BCUT2D eigenvalue weighted by Crippen LogP contribution is 2.24. The Morgan fingerprint density at radius 3 is 2.76 bits per heavy atom. The predicted molar refractivity (Wildman–Crippen MR) is 83.1 cm³/mol. The smallest absolute Gasteiger partial charge is 0.243 e. The Balaban J connectivity index is 2.49. The molecular formula is C14H17ClN2O3S. The standard InChI is InChI=1S/C14H17ClN2O3S/c1-20-11-10-17(9-7-15)21(18,19)14-6-2-5-13-12(14)4-3-8-16-13/h2-6,8H,7,9-11H2,1H3. The largest absolute Gasteiger partial charge is 0.383 e. The minimum absolute atomic E-state index is 0.228. The van der Waals surface area contributed by atoms with E-state index in [0.717, 1.165) is 0 Å². The van der Waals surface area contributed by atoms with Crippen molar-refractivity contribution in [2.24, 2.45) is 0 Å². The first kappa shape index (κ1) is 16.2. The highest BCUT2D eigenvalue weighted by molar-refractivity contribution is 7.89. The monoisotopic (exact) mass is 328 g/mol. The number of fused-ring (bicyclic) bond motifs is 1. The summed E-state index contributed by atoms with van der Waals surface area (Å²) in [5.41, 5.74) is 0.649. The van der Waals surface area contributed by atoms with Crippen molar-refractivity contribution >= 4 is 32.5 Å². The molecule has 21 heavy (non-hydrogen) atoms. The SMILES string of the molecule is COCCN(CCCl)S(=O)(=O)c1cccc2ncccc12. The fourth-order valence-electron chi connectivity index (χ4n) is 2.08. The summed E-state index contributed by atoms with van der Waals surface area (Å²) >= 11 is 5.73. The molecule has 0 bridgehead atoms. The average molecular weight is 329 g/mol. The van der Waals surface area contributed by atoms with Crippen LogP contribution in [0.2, 0.25) is 0 Å². The van der Waals surface area contributed by atoms with E-state index >= 15 is 0 Å². The molecule has 0 aliphatic heterocycles. The molecule has 0 amide bonds. The summed E-state index contributed by atoms with van der Waals surface area (Å²) < 4.78 is 32.0. The van der Waals surface area contributed by atoms with Crippen molar-refractivity contribution in [3.8, 4) is 0 Å². The summed E-state index contributed by atoms with van der Waals surface area (Å²) in [5, 5.41) is 0.608. The molecule has 0 aliphatic carbocycles. The lowest BCUT2D eigenvalue weighted by Gasteiger charge is -2.21. The summed E-state index contributed by atoms with van der Waals surface area (Å²) in [6.45, 7) is 0.825. The lowest BCUT2D eigenvalue weighted by Crippen LogP contribution is -2.35. The zero-order chi connectivity index (χ0) is 15.3. The summed E-state index contributed by atoms with van der Waals surface area (Å²) in [7, 11) is -2.10. The molecule has 114 valence electrons. The molecule has 0 atom stereocenters. The number of rotatable bonds is 7. The van der Waals surface area contributed by atoms with E-state index in [2.05, 4.69) is 4.98 Å². The topological polar surface area (TPSA) is 59.5 Å². The second kappa shape index (κ2) is 7.17. The van der Waals surface area contributed by atoms with Crippen molar-refractivity contribution in [2.45, 2.75) is 4.90 Å². The molecule has 2 rings (SSSR count). The van der Waals surface area contributed by atoms with Gasteiger partial charge in [-0.1, -0.05) is 6.07 Å². The van der Waals surface area contributed by atoms with Crippen molar-refractivity contribution in [3.63, 3.8) is 0 Å². The summed E-state index contributed by atoms with van der Waals surface area (Å²) in [6, 6.07) is 8.55. The van der Waals surface area contributed by atoms with Crippen molar-refractivity contribution < 1.29 is 13.2 Å². The lowest BCUT2D eigenvalue weighted by molar-refractivity contribution is 0.180. The summed E-state index contributed by atoms with van der Waals surface area (Å²) in [4.78, 5) is 4.43. The molecule has 1 aromatic carbocycles. The molecule has 1 heterocycles. The van der Waals surface area contributed by atoms with Gasteiger partial charge in [-0.3, -0.25) is 4.98 Å². The van der Waals surface area contributed by atoms with E-state index in [1.54, 1.807) is 36.5 Å². The molecule has 5 nitrogen and oxygen atoms in total. The average Bonchev–Trinajstić information content (AvgIpc) is 2.50. The summed E-state index contributed by atoms with van der Waals surface area (Å²) in [6.07, 6.45) is 1.64. The van der Waals surface area contributed by atoms with Gasteiger partial charge in [0.15, 0.2) is 0 Å². The van der Waals surface area contributed by atoms with Gasteiger partial charge in [0.05, 0.1) is 17.0 Å². The number of aromatic nitrogens is 1. The van der Waals surface area contributed by atoms with Crippen molar-refractivity contribution in [1.29, 1.82) is 0 Å². The van der Waals surface area contributed by atoms with Gasteiger partial charge in [-0.15, -0.1) is 11.6 Å². The second-order valence-corrected chi connectivity index (χ2v) is 6.70. The van der Waals surface area contributed by atoms with E-state index < -0.39 is 10.0 Å². The third-order valence-corrected chi connectivity index (χ3v) is 5.23. The Morgan fingerprint density at radius 1 is 1.24 bits per heavy atom. The first-order chi connectivity index (χ1) is 10.1. The van der Waals surface area contributed by atoms with Crippen molar-refractivity contribution in [3.05, 3.63) is 36.5 Å². The van der Waals surface area contributed by atoms with E-state index in [4.69, 9.17) is 16.3 Å². The van der Waals surface area contributed by atoms with Gasteiger partial charge in [-0.2, -0.15) is 4.31 Å². The van der Waals surface area contributed by atoms with Crippen LogP contribution >= 0.6 is 11.6 Å². The number of benzene rings is 1. The zero-order valence-corrected chi connectivity index (χ0v) is 13.3.